The fourth-order valence-electron chi connectivity index (χ4n) is 5.82. The number of aryl methyl sites for hydroxylation is 1. The summed E-state index contributed by atoms with van der Waals surface area (Å²) in [5, 5.41) is 4.44. The number of hydrogen-bond donors (Lipinski definition) is 1. The molecule has 1 amide bonds. The number of carbonyl (C=O) groups excluding carboxylic acids is 1. The first-order valence-electron chi connectivity index (χ1n) is 13.6. The van der Waals surface area contributed by atoms with E-state index < -0.39 is 0 Å². The van der Waals surface area contributed by atoms with E-state index >= 15 is 0 Å². The summed E-state index contributed by atoms with van der Waals surface area (Å²) in [5.41, 5.74) is 4.66. The van der Waals surface area contributed by atoms with Crippen molar-refractivity contribution in [3.63, 3.8) is 0 Å². The van der Waals surface area contributed by atoms with Gasteiger partial charge in [0.15, 0.2) is 0 Å². The van der Waals surface area contributed by atoms with Crippen molar-refractivity contribution in [1.29, 1.82) is 0 Å². The Morgan fingerprint density at radius 2 is 1.67 bits per heavy atom. The summed E-state index contributed by atoms with van der Waals surface area (Å²) in [6.07, 6.45) is 13.4. The molecule has 2 aromatic heterocycles. The molecule has 4 aromatic rings. The van der Waals surface area contributed by atoms with Gasteiger partial charge in [-0.1, -0.05) is 86.3 Å². The molecule has 0 radical (unpaired) electrons. The van der Waals surface area contributed by atoms with Crippen molar-refractivity contribution in [3.8, 4) is 11.1 Å². The van der Waals surface area contributed by atoms with Crippen LogP contribution in [0, 0.1) is 11.8 Å². The number of rotatable bonds is 10. The SMILES string of the molecule is O=C(NCc1ccccc1)C(CCCCn1cc(-c2ccccc2)c2cccnc21)C1CCCCC1. The van der Waals surface area contributed by atoms with E-state index in [0.29, 0.717) is 12.5 Å². The Morgan fingerprint density at radius 3 is 2.44 bits per heavy atom. The quantitative estimate of drug-likeness (QED) is 0.241. The number of nitrogens with zero attached hydrogens (tertiary/aromatic N) is 2. The van der Waals surface area contributed by atoms with E-state index in [0.717, 1.165) is 37.0 Å². The average Bonchev–Trinajstić information content (AvgIpc) is 3.32. The van der Waals surface area contributed by atoms with Crippen LogP contribution in [-0.4, -0.2) is 15.5 Å². The smallest absolute Gasteiger partial charge is 0.223 e. The zero-order valence-electron chi connectivity index (χ0n) is 21.1. The molecule has 1 atom stereocenters. The maximum atomic E-state index is 13.3. The minimum absolute atomic E-state index is 0.119. The number of pyridine rings is 1. The number of unbranched alkanes of at least 4 members (excludes halogenated alkanes) is 1. The van der Waals surface area contributed by atoms with E-state index in [1.54, 1.807) is 0 Å². The summed E-state index contributed by atoms with van der Waals surface area (Å²) in [6.45, 7) is 1.54. The average molecular weight is 480 g/mol. The van der Waals surface area contributed by atoms with Crippen molar-refractivity contribution in [1.82, 2.24) is 14.9 Å². The third kappa shape index (κ3) is 5.87. The minimum Gasteiger partial charge on any atom is -0.352 e. The summed E-state index contributed by atoms with van der Waals surface area (Å²) in [6, 6.07) is 25.0. The molecule has 2 aromatic carbocycles. The van der Waals surface area contributed by atoms with Crippen molar-refractivity contribution in [2.45, 2.75) is 64.5 Å². The third-order valence-corrected chi connectivity index (χ3v) is 7.75. The van der Waals surface area contributed by atoms with Crippen molar-refractivity contribution in [3.05, 3.63) is 90.8 Å². The predicted octanol–water partition coefficient (Wildman–Crippen LogP) is 7.39. The summed E-state index contributed by atoms with van der Waals surface area (Å²) >= 11 is 0. The second kappa shape index (κ2) is 12.0. The van der Waals surface area contributed by atoms with Gasteiger partial charge in [0.1, 0.15) is 5.65 Å². The highest BCUT2D eigenvalue weighted by atomic mass is 16.1. The summed E-state index contributed by atoms with van der Waals surface area (Å²) < 4.78 is 2.29. The molecule has 0 saturated heterocycles. The molecule has 1 aliphatic rings. The van der Waals surface area contributed by atoms with Crippen molar-refractivity contribution in [2.24, 2.45) is 11.8 Å². The number of nitrogens with one attached hydrogen (secondary N) is 1. The lowest BCUT2D eigenvalue weighted by Gasteiger charge is -2.29. The molecule has 5 rings (SSSR count). The van der Waals surface area contributed by atoms with E-state index in [1.165, 1.54) is 48.6 Å². The lowest BCUT2D eigenvalue weighted by molar-refractivity contribution is -0.127. The topological polar surface area (TPSA) is 46.9 Å². The van der Waals surface area contributed by atoms with Crippen molar-refractivity contribution < 1.29 is 4.79 Å². The Labute approximate surface area is 214 Å². The number of amides is 1. The van der Waals surface area contributed by atoms with Crippen LogP contribution < -0.4 is 5.32 Å². The fraction of sp³-hybridized carbons (Fsp3) is 0.375. The number of benzene rings is 2. The van der Waals surface area contributed by atoms with Gasteiger partial charge in [-0.15, -0.1) is 0 Å². The van der Waals surface area contributed by atoms with Crippen molar-refractivity contribution >= 4 is 16.9 Å². The third-order valence-electron chi connectivity index (χ3n) is 7.75. The van der Waals surface area contributed by atoms with Crippen LogP contribution in [0.5, 0.6) is 0 Å². The van der Waals surface area contributed by atoms with Crippen LogP contribution in [0.1, 0.15) is 56.9 Å². The maximum Gasteiger partial charge on any atom is 0.223 e. The first-order valence-corrected chi connectivity index (χ1v) is 13.6. The van der Waals surface area contributed by atoms with Gasteiger partial charge in [0.05, 0.1) is 0 Å². The lowest BCUT2D eigenvalue weighted by Crippen LogP contribution is -2.35. The highest BCUT2D eigenvalue weighted by Crippen LogP contribution is 2.34. The highest BCUT2D eigenvalue weighted by Gasteiger charge is 2.29. The van der Waals surface area contributed by atoms with Gasteiger partial charge in [-0.2, -0.15) is 0 Å². The molecule has 36 heavy (non-hydrogen) atoms. The molecule has 1 unspecified atom stereocenters. The normalized spacial score (nSPS) is 15.1. The summed E-state index contributed by atoms with van der Waals surface area (Å²) in [7, 11) is 0. The molecule has 1 aliphatic carbocycles. The molecule has 0 spiro atoms. The van der Waals surface area contributed by atoms with E-state index in [-0.39, 0.29) is 11.8 Å². The largest absolute Gasteiger partial charge is 0.352 e. The van der Waals surface area contributed by atoms with E-state index in [4.69, 9.17) is 4.98 Å². The number of carbonyl (C=O) groups is 1. The number of fused-ring (bicyclic) bond motifs is 1. The number of aromatic nitrogens is 2. The Kier molecular flexibility index (Phi) is 8.12. The standard InChI is InChI=1S/C32H37N3O/c36-32(34-23-25-13-4-1-5-14-25)28(26-15-6-2-7-16-26)19-10-11-22-35-24-30(27-17-8-3-9-18-27)29-20-12-21-33-31(29)35/h1,3-5,8-9,12-14,17-18,20-21,24,26,28H,2,6-7,10-11,15-16,19,22-23H2,(H,34,36). The van der Waals surface area contributed by atoms with Crippen LogP contribution in [0.15, 0.2) is 85.2 Å². The van der Waals surface area contributed by atoms with Gasteiger partial charge in [0, 0.05) is 42.4 Å². The molecule has 1 fully saturated rings. The summed E-state index contributed by atoms with van der Waals surface area (Å²) in [4.78, 5) is 18.0. The highest BCUT2D eigenvalue weighted by molar-refractivity contribution is 5.94. The van der Waals surface area contributed by atoms with Gasteiger partial charge in [-0.3, -0.25) is 4.79 Å². The maximum absolute atomic E-state index is 13.3. The molecule has 186 valence electrons. The zero-order valence-corrected chi connectivity index (χ0v) is 21.1. The molecule has 2 heterocycles. The van der Waals surface area contributed by atoms with Crippen LogP contribution >= 0.6 is 0 Å². The van der Waals surface area contributed by atoms with Gasteiger partial charge in [0.25, 0.3) is 0 Å². The van der Waals surface area contributed by atoms with Gasteiger partial charge < -0.3 is 9.88 Å². The predicted molar refractivity (Wildman–Crippen MR) is 147 cm³/mol. The van der Waals surface area contributed by atoms with Gasteiger partial charge in [0.2, 0.25) is 5.91 Å². The monoisotopic (exact) mass is 479 g/mol. The van der Waals surface area contributed by atoms with E-state index in [2.05, 4.69) is 64.6 Å². The first kappa shape index (κ1) is 24.3. The molecular weight excluding hydrogens is 442 g/mol. The molecule has 1 saturated carbocycles. The Bertz CT molecular complexity index is 1240. The molecule has 4 nitrogen and oxygen atoms in total. The Balaban J connectivity index is 1.23. The zero-order chi connectivity index (χ0) is 24.6. The molecule has 0 bridgehead atoms. The van der Waals surface area contributed by atoms with Gasteiger partial charge in [-0.25, -0.2) is 4.98 Å². The Hall–Kier alpha value is -3.40. The van der Waals surface area contributed by atoms with Crippen LogP contribution in [0.2, 0.25) is 0 Å². The first-order chi connectivity index (χ1) is 17.8. The van der Waals surface area contributed by atoms with Crippen LogP contribution in [0.25, 0.3) is 22.2 Å². The minimum atomic E-state index is 0.119. The van der Waals surface area contributed by atoms with E-state index in [9.17, 15) is 4.79 Å². The van der Waals surface area contributed by atoms with Crippen molar-refractivity contribution in [2.75, 3.05) is 0 Å². The summed E-state index contributed by atoms with van der Waals surface area (Å²) in [5.74, 6) is 0.881. The van der Waals surface area contributed by atoms with Crippen LogP contribution in [0.3, 0.4) is 0 Å². The van der Waals surface area contributed by atoms with Gasteiger partial charge in [-0.05, 0) is 54.9 Å². The molecule has 0 aliphatic heterocycles. The number of hydrogen-bond acceptors (Lipinski definition) is 2. The van der Waals surface area contributed by atoms with Crippen LogP contribution in [0.4, 0.5) is 0 Å². The lowest BCUT2D eigenvalue weighted by atomic mass is 9.77. The second-order valence-corrected chi connectivity index (χ2v) is 10.2. The van der Waals surface area contributed by atoms with Crippen LogP contribution in [-0.2, 0) is 17.9 Å². The second-order valence-electron chi connectivity index (χ2n) is 10.2. The molecule has 1 N–H and O–H groups in total. The van der Waals surface area contributed by atoms with E-state index in [1.807, 2.05) is 30.5 Å². The molecule has 4 heteroatoms. The molecular formula is C32H37N3O. The van der Waals surface area contributed by atoms with Gasteiger partial charge >= 0.3 is 0 Å². The fourth-order valence-corrected chi connectivity index (χ4v) is 5.82. The Morgan fingerprint density at radius 1 is 0.917 bits per heavy atom.